The van der Waals surface area contributed by atoms with Crippen LogP contribution in [0.4, 0.5) is 0 Å². The second-order valence-electron chi connectivity index (χ2n) is 6.27. The lowest BCUT2D eigenvalue weighted by molar-refractivity contribution is -0.120. The van der Waals surface area contributed by atoms with E-state index in [0.29, 0.717) is 24.5 Å². The molecule has 0 aliphatic rings. The fourth-order valence-corrected chi connectivity index (χ4v) is 2.86. The summed E-state index contributed by atoms with van der Waals surface area (Å²) in [6.45, 7) is 2.76. The highest BCUT2D eigenvalue weighted by Gasteiger charge is 2.12. The van der Waals surface area contributed by atoms with E-state index in [4.69, 9.17) is 4.74 Å². The Bertz CT molecular complexity index is 918. The normalized spacial score (nSPS) is 10.6. The van der Waals surface area contributed by atoms with Gasteiger partial charge in [0, 0.05) is 13.0 Å². The molecule has 0 atom stereocenters. The molecule has 3 N–H and O–H groups in total. The van der Waals surface area contributed by atoms with E-state index in [-0.39, 0.29) is 18.4 Å². The number of aromatic amines is 1. The monoisotopic (exact) mass is 380 g/mol. The molecule has 28 heavy (non-hydrogen) atoms. The molecule has 7 nitrogen and oxygen atoms in total. The summed E-state index contributed by atoms with van der Waals surface area (Å²) < 4.78 is 5.44. The zero-order valence-corrected chi connectivity index (χ0v) is 15.8. The first-order valence-corrected chi connectivity index (χ1v) is 9.37. The summed E-state index contributed by atoms with van der Waals surface area (Å²) in [5, 5.41) is 5.43. The minimum atomic E-state index is -0.332. The number of benzene rings is 2. The Kier molecular flexibility index (Phi) is 6.62. The van der Waals surface area contributed by atoms with E-state index in [9.17, 15) is 9.59 Å². The van der Waals surface area contributed by atoms with Crippen molar-refractivity contribution in [2.45, 2.75) is 19.8 Å². The number of nitrogens with one attached hydrogen (secondary N) is 3. The molecule has 3 rings (SSSR count). The maximum atomic E-state index is 12.3. The number of hydrogen-bond donors (Lipinski definition) is 3. The van der Waals surface area contributed by atoms with Crippen molar-refractivity contribution in [2.24, 2.45) is 0 Å². The quantitative estimate of drug-likeness (QED) is 0.497. The topological polar surface area (TPSA) is 96.1 Å². The SMILES string of the molecule is CCOc1ccccc1C(=O)NCC(=O)NCCCc1nc2ccccc2[nH]1. The molecule has 0 saturated carbocycles. The fourth-order valence-electron chi connectivity index (χ4n) is 2.86. The van der Waals surface area contributed by atoms with Crippen molar-refractivity contribution >= 4 is 22.8 Å². The third-order valence-electron chi connectivity index (χ3n) is 4.19. The van der Waals surface area contributed by atoms with Gasteiger partial charge in [-0.15, -0.1) is 0 Å². The van der Waals surface area contributed by atoms with Gasteiger partial charge >= 0.3 is 0 Å². The van der Waals surface area contributed by atoms with E-state index in [1.54, 1.807) is 24.3 Å². The standard InChI is InChI=1S/C21H24N4O3/c1-2-28-18-11-6-3-8-15(18)21(27)23-14-20(26)22-13-7-12-19-24-16-9-4-5-10-17(16)25-19/h3-6,8-11H,2,7,12-14H2,1H3,(H,22,26)(H,23,27)(H,24,25). The molecule has 0 fully saturated rings. The van der Waals surface area contributed by atoms with Crippen LogP contribution in [0.2, 0.25) is 0 Å². The lowest BCUT2D eigenvalue weighted by atomic mass is 10.2. The Morgan fingerprint density at radius 1 is 1.07 bits per heavy atom. The number of amides is 2. The summed E-state index contributed by atoms with van der Waals surface area (Å²) in [4.78, 5) is 32.0. The van der Waals surface area contributed by atoms with Crippen LogP contribution in [0.5, 0.6) is 5.75 Å². The number of para-hydroxylation sites is 3. The predicted molar refractivity (Wildman–Crippen MR) is 107 cm³/mol. The number of ether oxygens (including phenoxy) is 1. The van der Waals surface area contributed by atoms with Gasteiger partial charge in [-0.1, -0.05) is 24.3 Å². The Morgan fingerprint density at radius 3 is 2.68 bits per heavy atom. The van der Waals surface area contributed by atoms with Gasteiger partial charge in [0.2, 0.25) is 5.91 Å². The van der Waals surface area contributed by atoms with Gasteiger partial charge in [0.25, 0.3) is 5.91 Å². The van der Waals surface area contributed by atoms with Gasteiger partial charge in [-0.05, 0) is 37.6 Å². The first kappa shape index (κ1) is 19.4. The van der Waals surface area contributed by atoms with E-state index in [2.05, 4.69) is 20.6 Å². The van der Waals surface area contributed by atoms with Crippen LogP contribution in [0.25, 0.3) is 11.0 Å². The number of carbonyl (C=O) groups is 2. The maximum absolute atomic E-state index is 12.3. The highest BCUT2D eigenvalue weighted by molar-refractivity contribution is 5.98. The number of imidazole rings is 1. The lowest BCUT2D eigenvalue weighted by Gasteiger charge is -2.10. The molecule has 0 unspecified atom stereocenters. The van der Waals surface area contributed by atoms with Crippen molar-refractivity contribution in [1.29, 1.82) is 0 Å². The number of aromatic nitrogens is 2. The molecule has 2 aromatic carbocycles. The number of aryl methyl sites for hydroxylation is 1. The number of H-pyrrole nitrogens is 1. The summed E-state index contributed by atoms with van der Waals surface area (Å²) in [5.41, 5.74) is 2.37. The van der Waals surface area contributed by atoms with Crippen LogP contribution in [-0.4, -0.2) is 41.5 Å². The number of carbonyl (C=O) groups excluding carboxylic acids is 2. The van der Waals surface area contributed by atoms with Crippen LogP contribution < -0.4 is 15.4 Å². The molecule has 0 spiro atoms. The zero-order chi connectivity index (χ0) is 19.8. The average Bonchev–Trinajstić information content (AvgIpc) is 3.13. The molecule has 1 heterocycles. The Morgan fingerprint density at radius 2 is 1.86 bits per heavy atom. The van der Waals surface area contributed by atoms with Crippen LogP contribution in [0.1, 0.15) is 29.5 Å². The highest BCUT2D eigenvalue weighted by atomic mass is 16.5. The minimum absolute atomic E-state index is 0.0794. The fraction of sp³-hybridized carbons (Fsp3) is 0.286. The van der Waals surface area contributed by atoms with E-state index in [1.165, 1.54) is 0 Å². The summed E-state index contributed by atoms with van der Waals surface area (Å²) >= 11 is 0. The molecule has 3 aromatic rings. The second kappa shape index (κ2) is 9.55. The maximum Gasteiger partial charge on any atom is 0.255 e. The summed E-state index contributed by atoms with van der Waals surface area (Å²) in [6.07, 6.45) is 1.50. The molecule has 0 aliphatic carbocycles. The number of hydrogen-bond acceptors (Lipinski definition) is 4. The third kappa shape index (κ3) is 5.09. The van der Waals surface area contributed by atoms with E-state index in [0.717, 1.165) is 29.7 Å². The molecular weight excluding hydrogens is 356 g/mol. The summed E-state index contributed by atoms with van der Waals surface area (Å²) in [5.74, 6) is 0.846. The second-order valence-corrected chi connectivity index (χ2v) is 6.27. The first-order valence-electron chi connectivity index (χ1n) is 9.37. The van der Waals surface area contributed by atoms with Crippen molar-refractivity contribution in [3.8, 4) is 5.75 Å². The Labute approximate surface area is 163 Å². The van der Waals surface area contributed by atoms with Crippen LogP contribution >= 0.6 is 0 Å². The number of fused-ring (bicyclic) bond motifs is 1. The number of nitrogens with zero attached hydrogens (tertiary/aromatic N) is 1. The van der Waals surface area contributed by atoms with E-state index in [1.807, 2.05) is 31.2 Å². The Hall–Kier alpha value is -3.35. The van der Waals surface area contributed by atoms with Crippen molar-refractivity contribution in [2.75, 3.05) is 19.7 Å². The van der Waals surface area contributed by atoms with Gasteiger partial charge in [0.05, 0.1) is 29.7 Å². The van der Waals surface area contributed by atoms with E-state index >= 15 is 0 Å². The third-order valence-corrected chi connectivity index (χ3v) is 4.19. The number of rotatable bonds is 9. The minimum Gasteiger partial charge on any atom is -0.493 e. The molecular formula is C21H24N4O3. The van der Waals surface area contributed by atoms with Crippen LogP contribution in [0, 0.1) is 0 Å². The van der Waals surface area contributed by atoms with Gasteiger partial charge < -0.3 is 20.4 Å². The molecule has 146 valence electrons. The molecule has 7 heteroatoms. The Balaban J connectivity index is 1.39. The molecule has 2 amide bonds. The van der Waals surface area contributed by atoms with Gasteiger partial charge in [0.15, 0.2) is 0 Å². The summed E-state index contributed by atoms with van der Waals surface area (Å²) in [7, 11) is 0. The van der Waals surface area contributed by atoms with Gasteiger partial charge in [0.1, 0.15) is 11.6 Å². The highest BCUT2D eigenvalue weighted by Crippen LogP contribution is 2.17. The average molecular weight is 380 g/mol. The predicted octanol–water partition coefficient (Wildman–Crippen LogP) is 2.44. The zero-order valence-electron chi connectivity index (χ0n) is 15.8. The van der Waals surface area contributed by atoms with Crippen LogP contribution in [0.15, 0.2) is 48.5 Å². The van der Waals surface area contributed by atoms with E-state index < -0.39 is 0 Å². The molecule has 0 aliphatic heterocycles. The molecule has 1 aromatic heterocycles. The van der Waals surface area contributed by atoms with Crippen molar-refractivity contribution < 1.29 is 14.3 Å². The smallest absolute Gasteiger partial charge is 0.255 e. The van der Waals surface area contributed by atoms with Crippen molar-refractivity contribution in [3.63, 3.8) is 0 Å². The van der Waals surface area contributed by atoms with Crippen molar-refractivity contribution in [1.82, 2.24) is 20.6 Å². The molecule has 0 bridgehead atoms. The van der Waals surface area contributed by atoms with Gasteiger partial charge in [-0.3, -0.25) is 9.59 Å². The van der Waals surface area contributed by atoms with Gasteiger partial charge in [-0.2, -0.15) is 0 Å². The van der Waals surface area contributed by atoms with Crippen LogP contribution in [-0.2, 0) is 11.2 Å². The molecule has 0 saturated heterocycles. The summed E-state index contributed by atoms with van der Waals surface area (Å²) in [6, 6.07) is 14.8. The van der Waals surface area contributed by atoms with Crippen LogP contribution in [0.3, 0.4) is 0 Å². The lowest BCUT2D eigenvalue weighted by Crippen LogP contribution is -2.37. The van der Waals surface area contributed by atoms with Crippen molar-refractivity contribution in [3.05, 3.63) is 59.9 Å². The molecule has 0 radical (unpaired) electrons. The van der Waals surface area contributed by atoms with Gasteiger partial charge in [-0.25, -0.2) is 4.98 Å². The first-order chi connectivity index (χ1) is 13.7. The largest absolute Gasteiger partial charge is 0.493 e.